The van der Waals surface area contributed by atoms with Gasteiger partial charge in [-0.2, -0.15) is 9.97 Å². The van der Waals surface area contributed by atoms with Crippen LogP contribution in [0.3, 0.4) is 0 Å². The highest BCUT2D eigenvalue weighted by atomic mass is 19.1. The minimum absolute atomic E-state index is 0.0131. The van der Waals surface area contributed by atoms with Crippen LogP contribution in [-0.4, -0.2) is 87.2 Å². The Morgan fingerprint density at radius 3 is 2.50 bits per heavy atom. The van der Waals surface area contributed by atoms with E-state index in [0.29, 0.717) is 78.1 Å². The molecule has 2 fully saturated rings. The van der Waals surface area contributed by atoms with Crippen LogP contribution in [0.25, 0.3) is 21.9 Å². The largest absolute Gasteiger partial charge is 0.477 e. The molecule has 54 heavy (non-hydrogen) atoms. The number of aliphatic hydroxyl groups is 1. The number of fused-ring (bicyclic) bond motifs is 3. The molecule has 0 spiro atoms. The number of nitrogens with zero attached hydrogens (tertiary/aromatic N) is 5. The van der Waals surface area contributed by atoms with Crippen molar-refractivity contribution in [2.45, 2.75) is 122 Å². The number of carbonyl (C=O) groups excluding carboxylic acids is 2. The van der Waals surface area contributed by atoms with Gasteiger partial charge in [0.25, 0.3) is 0 Å². The lowest BCUT2D eigenvalue weighted by molar-refractivity contribution is -0.0210. The van der Waals surface area contributed by atoms with Gasteiger partial charge >= 0.3 is 18.2 Å². The Kier molecular flexibility index (Phi) is 10.7. The summed E-state index contributed by atoms with van der Waals surface area (Å²) < 4.78 is 39.0. The first kappa shape index (κ1) is 38.6. The predicted molar refractivity (Wildman–Crippen MR) is 203 cm³/mol. The number of hydrogen-bond donors (Lipinski definition) is 3. The van der Waals surface area contributed by atoms with Crippen LogP contribution in [-0.2, 0) is 14.2 Å². The van der Waals surface area contributed by atoms with E-state index >= 15 is 4.39 Å². The second-order valence-electron chi connectivity index (χ2n) is 16.1. The molecule has 1 saturated heterocycles. The molecule has 4 heterocycles. The van der Waals surface area contributed by atoms with Crippen molar-refractivity contribution in [3.05, 3.63) is 29.9 Å². The number of allylic oxidation sites excluding steroid dienone is 1. The predicted octanol–water partition coefficient (Wildman–Crippen LogP) is 6.71. The monoisotopic (exact) mass is 747 g/mol. The van der Waals surface area contributed by atoms with E-state index in [2.05, 4.69) is 21.2 Å². The topological polar surface area (TPSA) is 164 Å². The molecular formula is C39H50FN7O7. The fourth-order valence-corrected chi connectivity index (χ4v) is 6.80. The van der Waals surface area contributed by atoms with E-state index in [1.165, 1.54) is 24.1 Å². The number of H-pyrrole nitrogens is 1. The average molecular weight is 748 g/mol. The molecule has 290 valence electrons. The van der Waals surface area contributed by atoms with E-state index in [-0.39, 0.29) is 35.9 Å². The molecule has 1 aromatic carbocycles. The number of nitrogens with one attached hydrogen (secondary N) is 2. The third-order valence-electron chi connectivity index (χ3n) is 9.49. The number of amides is 2. The van der Waals surface area contributed by atoms with E-state index in [1.807, 2.05) is 11.8 Å². The highest BCUT2D eigenvalue weighted by Gasteiger charge is 2.35. The number of piperidine rings is 1. The van der Waals surface area contributed by atoms with Gasteiger partial charge in [0.15, 0.2) is 5.90 Å². The molecule has 3 unspecified atom stereocenters. The lowest BCUT2D eigenvalue weighted by Gasteiger charge is -2.38. The van der Waals surface area contributed by atoms with Crippen LogP contribution in [0.4, 0.5) is 25.5 Å². The maximum absolute atomic E-state index is 15.5. The summed E-state index contributed by atoms with van der Waals surface area (Å²) in [5.74, 6) is 3.75. The average Bonchev–Trinajstić information content (AvgIpc) is 3.43. The second kappa shape index (κ2) is 15.0. The number of alkyl carbamates (subject to hydrolysis) is 1. The number of hydrogen-bond acceptors (Lipinski definition) is 11. The number of aliphatic hydroxyl groups excluding tert-OH is 1. The molecule has 1 aliphatic carbocycles. The van der Waals surface area contributed by atoms with Gasteiger partial charge < -0.3 is 39.3 Å². The number of aromatic nitrogens is 3. The Labute approximate surface area is 314 Å². The second-order valence-corrected chi connectivity index (χ2v) is 16.1. The number of benzene rings is 1. The lowest BCUT2D eigenvalue weighted by atomic mass is 9.91. The van der Waals surface area contributed by atoms with Crippen molar-refractivity contribution < 1.29 is 38.0 Å². The van der Waals surface area contributed by atoms with Crippen LogP contribution in [0.1, 0.15) is 87.0 Å². The molecule has 3 aliphatic rings. The van der Waals surface area contributed by atoms with Gasteiger partial charge in [0.1, 0.15) is 40.3 Å². The molecule has 3 atom stereocenters. The molecule has 14 nitrogen and oxygen atoms in total. The van der Waals surface area contributed by atoms with Crippen molar-refractivity contribution in [1.29, 1.82) is 0 Å². The van der Waals surface area contributed by atoms with E-state index in [4.69, 9.17) is 35.3 Å². The van der Waals surface area contributed by atoms with E-state index in [0.717, 1.165) is 6.42 Å². The van der Waals surface area contributed by atoms with Crippen LogP contribution >= 0.6 is 0 Å². The van der Waals surface area contributed by atoms with Crippen molar-refractivity contribution in [3.63, 3.8) is 0 Å². The number of carbonyl (C=O) groups is 2. The van der Waals surface area contributed by atoms with Crippen LogP contribution in [0.5, 0.6) is 6.01 Å². The Balaban J connectivity index is 1.40. The number of aliphatic imine (C=N–C) groups is 1. The molecule has 15 heteroatoms. The quantitative estimate of drug-likeness (QED) is 0.222. The first-order chi connectivity index (χ1) is 25.4. The Morgan fingerprint density at radius 2 is 1.85 bits per heavy atom. The van der Waals surface area contributed by atoms with Crippen molar-refractivity contribution in [3.8, 4) is 18.4 Å². The fourth-order valence-electron chi connectivity index (χ4n) is 6.80. The van der Waals surface area contributed by atoms with Crippen LogP contribution < -0.4 is 19.9 Å². The van der Waals surface area contributed by atoms with Crippen molar-refractivity contribution in [2.75, 3.05) is 23.4 Å². The normalized spacial score (nSPS) is 23.1. The third-order valence-corrected chi connectivity index (χ3v) is 9.49. The smallest absolute Gasteiger partial charge is 0.414 e. The van der Waals surface area contributed by atoms with E-state index in [9.17, 15) is 14.7 Å². The number of aromatic amines is 1. The Bertz CT molecular complexity index is 2020. The standard InChI is InChI=1S/C39H50FN7O7/c1-10-21-14-27(20-41-34(21)51-26-18-25(48)19-26)52-35-44-32-30(28-15-22(40)16-29(31(28)43-32)46(9)37(50)54-39(6,7)8)33(45-35)47-13-12-23(17-24(47)11-2)42-36(49)53-38(3,4)5/h2,15-16,20-21,23-26,48H,10,12-14,17-19H2,1,3-9H3,(H,42,49)(H,43,44,45). The van der Waals surface area contributed by atoms with Crippen molar-refractivity contribution in [1.82, 2.24) is 20.3 Å². The van der Waals surface area contributed by atoms with Gasteiger partial charge in [0.2, 0.25) is 0 Å². The number of terminal acetylenes is 1. The first-order valence-corrected chi connectivity index (χ1v) is 18.4. The minimum Gasteiger partial charge on any atom is -0.477 e. The zero-order valence-corrected chi connectivity index (χ0v) is 32.2. The minimum atomic E-state index is -0.779. The van der Waals surface area contributed by atoms with Gasteiger partial charge in [0.05, 0.1) is 34.9 Å². The molecule has 2 aliphatic heterocycles. The van der Waals surface area contributed by atoms with Gasteiger partial charge in [-0.25, -0.2) is 19.0 Å². The fraction of sp³-hybridized carbons (Fsp3) is 0.564. The van der Waals surface area contributed by atoms with Crippen molar-refractivity contribution in [2.24, 2.45) is 10.9 Å². The maximum Gasteiger partial charge on any atom is 0.414 e. The van der Waals surface area contributed by atoms with Crippen LogP contribution in [0.2, 0.25) is 0 Å². The number of ether oxygens (including phenoxy) is 4. The number of anilines is 2. The summed E-state index contributed by atoms with van der Waals surface area (Å²) in [4.78, 5) is 46.5. The summed E-state index contributed by atoms with van der Waals surface area (Å²) in [5, 5.41) is 13.6. The van der Waals surface area contributed by atoms with E-state index < -0.39 is 35.2 Å². The lowest BCUT2D eigenvalue weighted by Crippen LogP contribution is -2.50. The summed E-state index contributed by atoms with van der Waals surface area (Å²) in [5.41, 5.74) is -0.439. The van der Waals surface area contributed by atoms with Crippen LogP contribution in [0, 0.1) is 24.1 Å². The summed E-state index contributed by atoms with van der Waals surface area (Å²) in [6, 6.07) is 1.83. The van der Waals surface area contributed by atoms with Gasteiger partial charge in [0, 0.05) is 50.2 Å². The molecule has 2 aromatic heterocycles. The van der Waals surface area contributed by atoms with Gasteiger partial charge in [-0.05, 0) is 72.9 Å². The molecular weight excluding hydrogens is 697 g/mol. The van der Waals surface area contributed by atoms with Crippen molar-refractivity contribution >= 4 is 51.5 Å². The van der Waals surface area contributed by atoms with E-state index in [1.54, 1.807) is 47.7 Å². The van der Waals surface area contributed by atoms with Crippen LogP contribution in [0.15, 0.2) is 29.1 Å². The molecule has 6 rings (SSSR count). The first-order valence-electron chi connectivity index (χ1n) is 18.4. The highest BCUT2D eigenvalue weighted by Crippen LogP contribution is 2.40. The molecule has 0 bridgehead atoms. The Hall–Kier alpha value is -5.10. The molecule has 3 N–H and O–H groups in total. The SMILES string of the molecule is C#CC1CC(NC(=O)OC(C)(C)C)CCN1c1nc(OC2=CN=C(OC3CC(O)C3)C(CC)C2)nc2[nH]c3c(N(C)C(=O)OC(C)(C)C)cc(F)cc3c12. The summed E-state index contributed by atoms with van der Waals surface area (Å²) in [7, 11) is 1.51. The zero-order chi connectivity index (χ0) is 39.1. The summed E-state index contributed by atoms with van der Waals surface area (Å²) in [6.45, 7) is 13.1. The highest BCUT2D eigenvalue weighted by molar-refractivity contribution is 6.16. The zero-order valence-electron chi connectivity index (χ0n) is 32.2. The third kappa shape index (κ3) is 8.65. The molecule has 1 saturated carbocycles. The summed E-state index contributed by atoms with van der Waals surface area (Å²) in [6.07, 6.45) is 9.42. The van der Waals surface area contributed by atoms with Gasteiger partial charge in [-0.15, -0.1) is 6.42 Å². The molecule has 2 amide bonds. The Morgan fingerprint density at radius 1 is 1.13 bits per heavy atom. The number of rotatable bonds is 7. The maximum atomic E-state index is 15.5. The number of halogens is 1. The van der Waals surface area contributed by atoms with Gasteiger partial charge in [-0.1, -0.05) is 12.8 Å². The molecule has 3 aromatic rings. The van der Waals surface area contributed by atoms with Gasteiger partial charge in [-0.3, -0.25) is 4.90 Å². The summed E-state index contributed by atoms with van der Waals surface area (Å²) >= 11 is 0. The molecule has 0 radical (unpaired) electrons.